The number of nitrogens with one attached hydrogen (secondary N) is 2. The van der Waals surface area contributed by atoms with Crippen molar-refractivity contribution in [3.05, 3.63) is 29.6 Å². The Bertz CT molecular complexity index is 570. The number of aromatic amines is 1. The van der Waals surface area contributed by atoms with E-state index >= 15 is 0 Å². The highest BCUT2D eigenvalue weighted by molar-refractivity contribution is 5.94. The van der Waals surface area contributed by atoms with Gasteiger partial charge < -0.3 is 14.8 Å². The predicted molar refractivity (Wildman–Crippen MR) is 69.5 cm³/mol. The first-order chi connectivity index (χ1) is 9.74. The summed E-state index contributed by atoms with van der Waals surface area (Å²) in [4.78, 5) is 12.0. The molecule has 0 aliphatic rings. The number of nitrogens with zero attached hydrogens (tertiary/aromatic N) is 3. The first-order valence-corrected chi connectivity index (χ1v) is 6.06. The van der Waals surface area contributed by atoms with Crippen molar-refractivity contribution in [2.24, 2.45) is 0 Å². The summed E-state index contributed by atoms with van der Waals surface area (Å²) in [6, 6.07) is 4.98. The molecule has 0 aliphatic heterocycles. The van der Waals surface area contributed by atoms with Crippen LogP contribution in [-0.2, 0) is 6.54 Å². The van der Waals surface area contributed by atoms with Gasteiger partial charge in [-0.25, -0.2) is 0 Å². The van der Waals surface area contributed by atoms with Crippen LogP contribution in [0.1, 0.15) is 23.1 Å². The van der Waals surface area contributed by atoms with Crippen molar-refractivity contribution in [2.75, 3.05) is 13.7 Å². The molecule has 0 spiro atoms. The molecule has 0 aliphatic carbocycles. The fraction of sp³-hybridized carbons (Fsp3) is 0.333. The summed E-state index contributed by atoms with van der Waals surface area (Å²) in [6.07, 6.45) is 0. The molecule has 1 amide bonds. The molecule has 8 nitrogen and oxygen atoms in total. The first-order valence-electron chi connectivity index (χ1n) is 6.06. The zero-order valence-electron chi connectivity index (χ0n) is 11.2. The number of methoxy groups -OCH3 is 1. The number of hydrogen-bond donors (Lipinski definition) is 2. The Balaban J connectivity index is 2.07. The second-order valence-electron chi connectivity index (χ2n) is 3.81. The van der Waals surface area contributed by atoms with Crippen LogP contribution in [0, 0.1) is 0 Å². The molecule has 0 saturated heterocycles. The average Bonchev–Trinajstić information content (AvgIpc) is 2.98. The number of rotatable bonds is 6. The quantitative estimate of drug-likeness (QED) is 0.799. The van der Waals surface area contributed by atoms with Crippen molar-refractivity contribution in [1.29, 1.82) is 0 Å². The molecular formula is C12H15N5O3. The standard InChI is InChI=1S/C12H15N5O3/c1-3-20-10-6-8(4-5-9(10)19-2)12(18)13-7-11-14-16-17-15-11/h4-6H,3,7H2,1-2H3,(H,13,18)(H,14,15,16,17). The Hall–Kier alpha value is -2.64. The van der Waals surface area contributed by atoms with E-state index in [9.17, 15) is 4.79 Å². The number of aromatic nitrogens is 4. The molecule has 0 fully saturated rings. The smallest absolute Gasteiger partial charge is 0.251 e. The Morgan fingerprint density at radius 2 is 2.25 bits per heavy atom. The van der Waals surface area contributed by atoms with Gasteiger partial charge in [0.15, 0.2) is 17.3 Å². The van der Waals surface area contributed by atoms with E-state index < -0.39 is 0 Å². The number of carbonyl (C=O) groups is 1. The summed E-state index contributed by atoms with van der Waals surface area (Å²) < 4.78 is 10.6. The summed E-state index contributed by atoms with van der Waals surface area (Å²) in [6.45, 7) is 2.55. The third kappa shape index (κ3) is 3.22. The molecule has 0 atom stereocenters. The van der Waals surface area contributed by atoms with E-state index in [-0.39, 0.29) is 12.5 Å². The number of ether oxygens (including phenoxy) is 2. The SMILES string of the molecule is CCOc1cc(C(=O)NCc2nn[nH]n2)ccc1OC. The molecule has 1 heterocycles. The van der Waals surface area contributed by atoms with Gasteiger partial charge in [-0.05, 0) is 25.1 Å². The van der Waals surface area contributed by atoms with Crippen LogP contribution in [0.5, 0.6) is 11.5 Å². The normalized spacial score (nSPS) is 10.1. The third-order valence-electron chi connectivity index (χ3n) is 2.52. The lowest BCUT2D eigenvalue weighted by atomic mass is 10.2. The molecular weight excluding hydrogens is 262 g/mol. The van der Waals surface area contributed by atoms with E-state index in [2.05, 4.69) is 25.9 Å². The van der Waals surface area contributed by atoms with Crippen LogP contribution in [0.25, 0.3) is 0 Å². The van der Waals surface area contributed by atoms with Gasteiger partial charge in [-0.15, -0.1) is 10.2 Å². The van der Waals surface area contributed by atoms with Crippen LogP contribution in [0.2, 0.25) is 0 Å². The molecule has 0 bridgehead atoms. The minimum absolute atomic E-state index is 0.200. The summed E-state index contributed by atoms with van der Waals surface area (Å²) in [5.41, 5.74) is 0.470. The number of hydrogen-bond acceptors (Lipinski definition) is 6. The molecule has 2 rings (SSSR count). The Morgan fingerprint density at radius 1 is 1.40 bits per heavy atom. The highest BCUT2D eigenvalue weighted by Gasteiger charge is 2.11. The van der Waals surface area contributed by atoms with Gasteiger partial charge in [0, 0.05) is 5.56 Å². The van der Waals surface area contributed by atoms with Gasteiger partial charge in [-0.2, -0.15) is 5.21 Å². The summed E-state index contributed by atoms with van der Waals surface area (Å²) in [7, 11) is 1.55. The van der Waals surface area contributed by atoms with E-state index in [1.165, 1.54) is 0 Å². The molecule has 8 heteroatoms. The van der Waals surface area contributed by atoms with Gasteiger partial charge in [0.05, 0.1) is 20.3 Å². The number of tetrazole rings is 1. The second-order valence-corrected chi connectivity index (χ2v) is 3.81. The van der Waals surface area contributed by atoms with E-state index in [1.54, 1.807) is 25.3 Å². The fourth-order valence-electron chi connectivity index (χ4n) is 1.61. The van der Waals surface area contributed by atoms with Crippen molar-refractivity contribution in [1.82, 2.24) is 25.9 Å². The maximum absolute atomic E-state index is 12.0. The van der Waals surface area contributed by atoms with Crippen LogP contribution in [0.3, 0.4) is 0 Å². The molecule has 0 saturated carbocycles. The van der Waals surface area contributed by atoms with Crippen LogP contribution in [-0.4, -0.2) is 40.2 Å². The van der Waals surface area contributed by atoms with Crippen LogP contribution in [0.4, 0.5) is 0 Å². The Kier molecular flexibility index (Phi) is 4.48. The molecule has 106 valence electrons. The maximum atomic E-state index is 12.0. The lowest BCUT2D eigenvalue weighted by molar-refractivity contribution is 0.0949. The van der Waals surface area contributed by atoms with Crippen molar-refractivity contribution in [3.63, 3.8) is 0 Å². The second kappa shape index (κ2) is 6.50. The van der Waals surface area contributed by atoms with Gasteiger partial charge in [0.25, 0.3) is 5.91 Å². The van der Waals surface area contributed by atoms with Crippen LogP contribution in [0.15, 0.2) is 18.2 Å². The lowest BCUT2D eigenvalue weighted by Gasteiger charge is -2.10. The Labute approximate surface area is 115 Å². The predicted octanol–water partition coefficient (Wildman–Crippen LogP) is 0.537. The van der Waals surface area contributed by atoms with E-state index in [0.717, 1.165) is 0 Å². The summed E-state index contributed by atoms with van der Waals surface area (Å²) >= 11 is 0. The maximum Gasteiger partial charge on any atom is 0.251 e. The van der Waals surface area contributed by atoms with Gasteiger partial charge in [0.1, 0.15) is 0 Å². The number of amides is 1. The minimum Gasteiger partial charge on any atom is -0.493 e. The van der Waals surface area contributed by atoms with Gasteiger partial charge in [0.2, 0.25) is 0 Å². The Morgan fingerprint density at radius 3 is 2.90 bits per heavy atom. The first kappa shape index (κ1) is 13.8. The van der Waals surface area contributed by atoms with E-state index in [4.69, 9.17) is 9.47 Å². The largest absolute Gasteiger partial charge is 0.493 e. The third-order valence-corrected chi connectivity index (χ3v) is 2.52. The van der Waals surface area contributed by atoms with Crippen molar-refractivity contribution in [3.8, 4) is 11.5 Å². The average molecular weight is 277 g/mol. The number of benzene rings is 1. The molecule has 1 aromatic heterocycles. The highest BCUT2D eigenvalue weighted by atomic mass is 16.5. The molecule has 0 radical (unpaired) electrons. The minimum atomic E-state index is -0.251. The fourth-order valence-corrected chi connectivity index (χ4v) is 1.61. The topological polar surface area (TPSA) is 102 Å². The van der Waals surface area contributed by atoms with Crippen LogP contribution < -0.4 is 14.8 Å². The molecule has 1 aromatic carbocycles. The number of carbonyl (C=O) groups excluding carboxylic acids is 1. The molecule has 20 heavy (non-hydrogen) atoms. The molecule has 2 N–H and O–H groups in total. The molecule has 2 aromatic rings. The van der Waals surface area contributed by atoms with Gasteiger partial charge in [-0.3, -0.25) is 4.79 Å². The monoisotopic (exact) mass is 277 g/mol. The van der Waals surface area contributed by atoms with Gasteiger partial charge in [-0.1, -0.05) is 5.21 Å². The summed E-state index contributed by atoms with van der Waals surface area (Å²) in [5, 5.41) is 15.9. The van der Waals surface area contributed by atoms with Crippen LogP contribution >= 0.6 is 0 Å². The highest BCUT2D eigenvalue weighted by Crippen LogP contribution is 2.27. The number of H-pyrrole nitrogens is 1. The van der Waals surface area contributed by atoms with E-state index in [1.807, 2.05) is 6.92 Å². The van der Waals surface area contributed by atoms with Crippen molar-refractivity contribution in [2.45, 2.75) is 13.5 Å². The van der Waals surface area contributed by atoms with E-state index in [0.29, 0.717) is 29.5 Å². The molecule has 0 unspecified atom stereocenters. The zero-order chi connectivity index (χ0) is 14.4. The summed E-state index contributed by atoms with van der Waals surface area (Å²) in [5.74, 6) is 1.28. The van der Waals surface area contributed by atoms with Crippen molar-refractivity contribution >= 4 is 5.91 Å². The van der Waals surface area contributed by atoms with Gasteiger partial charge >= 0.3 is 0 Å². The zero-order valence-corrected chi connectivity index (χ0v) is 11.2. The van der Waals surface area contributed by atoms with Crippen molar-refractivity contribution < 1.29 is 14.3 Å². The lowest BCUT2D eigenvalue weighted by Crippen LogP contribution is -2.23.